The highest BCUT2D eigenvalue weighted by molar-refractivity contribution is 5.77. The molecule has 0 unspecified atom stereocenters. The molecule has 1 aliphatic heterocycles. The van der Waals surface area contributed by atoms with Crippen LogP contribution in [0.25, 0.3) is 0 Å². The third-order valence-corrected chi connectivity index (χ3v) is 2.70. The van der Waals surface area contributed by atoms with Gasteiger partial charge in [0.1, 0.15) is 6.61 Å². The molecule has 1 atom stereocenters. The van der Waals surface area contributed by atoms with E-state index in [9.17, 15) is 13.6 Å². The van der Waals surface area contributed by atoms with Crippen molar-refractivity contribution in [2.45, 2.75) is 32.8 Å². The molecule has 3 nitrogen and oxygen atoms in total. The van der Waals surface area contributed by atoms with Crippen LogP contribution < -0.4 is 0 Å². The van der Waals surface area contributed by atoms with E-state index in [1.54, 1.807) is 4.90 Å². The molecule has 1 aliphatic rings. The maximum atomic E-state index is 11.7. The minimum absolute atomic E-state index is 0.329. The third kappa shape index (κ3) is 4.55. The monoisotopic (exact) mass is 221 g/mol. The van der Waals surface area contributed by atoms with Gasteiger partial charge in [0.05, 0.1) is 0 Å². The summed E-state index contributed by atoms with van der Waals surface area (Å²) in [6, 6.07) is 0. The van der Waals surface area contributed by atoms with Crippen LogP contribution in [0.15, 0.2) is 0 Å². The van der Waals surface area contributed by atoms with Gasteiger partial charge in [0, 0.05) is 13.1 Å². The van der Waals surface area contributed by atoms with Crippen molar-refractivity contribution in [2.75, 3.05) is 19.7 Å². The standard InChI is InChI=1S/C10H17F2NO2/c1-8-3-2-5-13(6-4-8)9(14)7-15-10(11)12/h8,10H,2-7H2,1H3/t8-/m1/s1. The van der Waals surface area contributed by atoms with Crippen LogP contribution in [0.2, 0.25) is 0 Å². The largest absolute Gasteiger partial charge is 0.345 e. The molecule has 0 bridgehead atoms. The van der Waals surface area contributed by atoms with Crippen LogP contribution in [0, 0.1) is 5.92 Å². The van der Waals surface area contributed by atoms with Crippen LogP contribution in [-0.4, -0.2) is 37.1 Å². The zero-order valence-corrected chi connectivity index (χ0v) is 8.92. The van der Waals surface area contributed by atoms with Gasteiger partial charge in [0.2, 0.25) is 5.91 Å². The van der Waals surface area contributed by atoms with Crippen LogP contribution in [0.4, 0.5) is 8.78 Å². The number of hydrogen-bond acceptors (Lipinski definition) is 2. The molecular weight excluding hydrogens is 204 g/mol. The molecule has 0 aliphatic carbocycles. The Hall–Kier alpha value is -0.710. The molecule has 1 amide bonds. The maximum Gasteiger partial charge on any atom is 0.345 e. The van der Waals surface area contributed by atoms with Crippen LogP contribution in [-0.2, 0) is 9.53 Å². The summed E-state index contributed by atoms with van der Waals surface area (Å²) in [5.74, 6) is 0.281. The lowest BCUT2D eigenvalue weighted by molar-refractivity contribution is -0.159. The zero-order chi connectivity index (χ0) is 11.3. The molecule has 5 heteroatoms. The third-order valence-electron chi connectivity index (χ3n) is 2.70. The molecule has 0 aromatic rings. The van der Waals surface area contributed by atoms with Gasteiger partial charge >= 0.3 is 6.61 Å². The Balaban J connectivity index is 2.31. The lowest BCUT2D eigenvalue weighted by Crippen LogP contribution is -2.35. The summed E-state index contributed by atoms with van der Waals surface area (Å²) in [7, 11) is 0. The summed E-state index contributed by atoms with van der Waals surface area (Å²) in [6.07, 6.45) is 2.99. The van der Waals surface area contributed by atoms with Crippen molar-refractivity contribution in [2.24, 2.45) is 5.92 Å². The number of nitrogens with zero attached hydrogens (tertiary/aromatic N) is 1. The molecule has 1 saturated heterocycles. The predicted octanol–water partition coefficient (Wildman–Crippen LogP) is 1.87. The van der Waals surface area contributed by atoms with Crippen molar-refractivity contribution < 1.29 is 18.3 Å². The van der Waals surface area contributed by atoms with Gasteiger partial charge < -0.3 is 9.64 Å². The summed E-state index contributed by atoms with van der Waals surface area (Å²) in [6.45, 7) is 0.0952. The van der Waals surface area contributed by atoms with E-state index < -0.39 is 13.2 Å². The molecule has 0 radical (unpaired) electrons. The molecule has 88 valence electrons. The topological polar surface area (TPSA) is 29.5 Å². The van der Waals surface area contributed by atoms with E-state index >= 15 is 0 Å². The van der Waals surface area contributed by atoms with Crippen LogP contribution >= 0.6 is 0 Å². The fourth-order valence-electron chi connectivity index (χ4n) is 1.74. The van der Waals surface area contributed by atoms with Gasteiger partial charge in [-0.25, -0.2) is 0 Å². The molecule has 1 fully saturated rings. The first-order valence-corrected chi connectivity index (χ1v) is 5.27. The summed E-state index contributed by atoms with van der Waals surface area (Å²) in [5.41, 5.74) is 0. The van der Waals surface area contributed by atoms with Crippen molar-refractivity contribution in [1.82, 2.24) is 4.90 Å². The molecular formula is C10H17F2NO2. The average molecular weight is 221 g/mol. The first-order valence-electron chi connectivity index (χ1n) is 5.27. The molecule has 0 saturated carbocycles. The van der Waals surface area contributed by atoms with Crippen LogP contribution in [0.5, 0.6) is 0 Å². The van der Waals surface area contributed by atoms with E-state index in [2.05, 4.69) is 11.7 Å². The molecule has 0 aromatic heterocycles. The number of hydrogen-bond donors (Lipinski definition) is 0. The van der Waals surface area contributed by atoms with Crippen molar-refractivity contribution in [3.63, 3.8) is 0 Å². The van der Waals surface area contributed by atoms with Crippen molar-refractivity contribution in [1.29, 1.82) is 0 Å². The smallest absolute Gasteiger partial charge is 0.341 e. The summed E-state index contributed by atoms with van der Waals surface area (Å²) >= 11 is 0. The average Bonchev–Trinajstić information content (AvgIpc) is 2.39. The SMILES string of the molecule is C[C@@H]1CCCN(C(=O)COC(F)F)CC1. The normalized spacial score (nSPS) is 22.9. The predicted molar refractivity (Wildman–Crippen MR) is 51.6 cm³/mol. The Kier molecular flexibility index (Phi) is 4.94. The van der Waals surface area contributed by atoms with Gasteiger partial charge in [-0.3, -0.25) is 4.79 Å². The van der Waals surface area contributed by atoms with E-state index in [1.165, 1.54) is 0 Å². The minimum atomic E-state index is -2.86. The highest BCUT2D eigenvalue weighted by atomic mass is 19.3. The Morgan fingerprint density at radius 2 is 2.20 bits per heavy atom. The quantitative estimate of drug-likeness (QED) is 0.728. The minimum Gasteiger partial charge on any atom is -0.341 e. The number of carbonyl (C=O) groups excluding carboxylic acids is 1. The summed E-state index contributed by atoms with van der Waals surface area (Å²) in [5, 5.41) is 0. The lowest BCUT2D eigenvalue weighted by atomic mass is 10.0. The molecule has 0 aromatic carbocycles. The van der Waals surface area contributed by atoms with Crippen molar-refractivity contribution in [3.05, 3.63) is 0 Å². The van der Waals surface area contributed by atoms with E-state index in [4.69, 9.17) is 0 Å². The zero-order valence-electron chi connectivity index (χ0n) is 8.92. The number of likely N-dealkylation sites (tertiary alicyclic amines) is 1. The fraction of sp³-hybridized carbons (Fsp3) is 0.900. The van der Waals surface area contributed by atoms with Crippen LogP contribution in [0.3, 0.4) is 0 Å². The molecule has 0 N–H and O–H groups in total. The van der Waals surface area contributed by atoms with Crippen molar-refractivity contribution in [3.8, 4) is 0 Å². The second-order valence-corrected chi connectivity index (χ2v) is 3.99. The summed E-state index contributed by atoms with van der Waals surface area (Å²) in [4.78, 5) is 13.0. The Labute approximate surface area is 88.4 Å². The molecule has 1 heterocycles. The first-order chi connectivity index (χ1) is 7.09. The highest BCUT2D eigenvalue weighted by Gasteiger charge is 2.19. The maximum absolute atomic E-state index is 11.7. The van der Waals surface area contributed by atoms with Gasteiger partial charge in [-0.15, -0.1) is 0 Å². The van der Waals surface area contributed by atoms with Crippen LogP contribution in [0.1, 0.15) is 26.2 Å². The van der Waals surface area contributed by atoms with E-state index in [0.717, 1.165) is 19.3 Å². The highest BCUT2D eigenvalue weighted by Crippen LogP contribution is 2.16. The van der Waals surface area contributed by atoms with E-state index in [-0.39, 0.29) is 5.91 Å². The Morgan fingerprint density at radius 3 is 2.87 bits per heavy atom. The lowest BCUT2D eigenvalue weighted by Gasteiger charge is -2.20. The van der Waals surface area contributed by atoms with Gasteiger partial charge in [0.15, 0.2) is 0 Å². The van der Waals surface area contributed by atoms with Gasteiger partial charge in [-0.05, 0) is 25.2 Å². The Morgan fingerprint density at radius 1 is 1.47 bits per heavy atom. The van der Waals surface area contributed by atoms with Crippen molar-refractivity contribution >= 4 is 5.91 Å². The number of amides is 1. The van der Waals surface area contributed by atoms with E-state index in [0.29, 0.717) is 19.0 Å². The van der Waals surface area contributed by atoms with Gasteiger partial charge in [-0.2, -0.15) is 8.78 Å². The Bertz CT molecular complexity index is 212. The number of rotatable bonds is 3. The first kappa shape index (κ1) is 12.4. The fourth-order valence-corrected chi connectivity index (χ4v) is 1.74. The second kappa shape index (κ2) is 6.00. The number of carbonyl (C=O) groups is 1. The van der Waals surface area contributed by atoms with Gasteiger partial charge in [0.25, 0.3) is 0 Å². The van der Waals surface area contributed by atoms with Gasteiger partial charge in [-0.1, -0.05) is 6.92 Å². The summed E-state index contributed by atoms with van der Waals surface area (Å²) < 4.78 is 27.4. The van der Waals surface area contributed by atoms with E-state index in [1.807, 2.05) is 0 Å². The molecule has 0 spiro atoms. The number of alkyl halides is 2. The molecule has 1 rings (SSSR count). The second-order valence-electron chi connectivity index (χ2n) is 3.99. The number of halogens is 2. The number of ether oxygens (including phenoxy) is 1. The molecule has 15 heavy (non-hydrogen) atoms.